The fourth-order valence-corrected chi connectivity index (χ4v) is 4.13. The standard InChI is InChI=1S/C24H27FN8O2/c1-31(2)16-12-33(13-16)19-8-20(34-4)18(7-21(19)35-5)29-24-27-11-17(25)22(30-24)14-6-15-10-28-32(3)23(15)26-9-14/h6-11,16H,12-13H2,1-5H3,(H,27,29,30). The van der Waals surface area contributed by atoms with Crippen LogP contribution in [0, 0.1) is 5.82 Å². The van der Waals surface area contributed by atoms with Crippen molar-refractivity contribution in [3.8, 4) is 22.8 Å². The highest BCUT2D eigenvalue weighted by Crippen LogP contribution is 2.41. The normalized spacial score (nSPS) is 13.9. The van der Waals surface area contributed by atoms with E-state index >= 15 is 0 Å². The second kappa shape index (κ2) is 8.99. The zero-order valence-corrected chi connectivity index (χ0v) is 20.3. The highest BCUT2D eigenvalue weighted by atomic mass is 19.1. The Bertz CT molecular complexity index is 1380. The van der Waals surface area contributed by atoms with E-state index in [1.807, 2.05) is 12.1 Å². The Labute approximate surface area is 202 Å². The maximum absolute atomic E-state index is 14.7. The SMILES string of the molecule is COc1cc(N2CC(N(C)C)C2)c(OC)cc1Nc1ncc(F)c(-c2cnc3c(cnn3C)c2)n1. The molecule has 0 spiro atoms. The van der Waals surface area contributed by atoms with Crippen LogP contribution in [0.5, 0.6) is 11.5 Å². The van der Waals surface area contributed by atoms with Gasteiger partial charge in [-0.2, -0.15) is 5.10 Å². The first-order valence-corrected chi connectivity index (χ1v) is 11.1. The van der Waals surface area contributed by atoms with Gasteiger partial charge >= 0.3 is 0 Å². The summed E-state index contributed by atoms with van der Waals surface area (Å²) in [4.78, 5) is 17.4. The third-order valence-electron chi connectivity index (χ3n) is 6.27. The first kappa shape index (κ1) is 22.8. The van der Waals surface area contributed by atoms with E-state index in [0.29, 0.717) is 34.4 Å². The molecule has 0 saturated carbocycles. The fraction of sp³-hybridized carbons (Fsp3) is 0.333. The van der Waals surface area contributed by atoms with Gasteiger partial charge in [-0.15, -0.1) is 0 Å². The van der Waals surface area contributed by atoms with E-state index in [1.54, 1.807) is 44.4 Å². The number of fused-ring (bicyclic) bond motifs is 1. The van der Waals surface area contributed by atoms with Crippen molar-refractivity contribution in [1.82, 2.24) is 29.6 Å². The molecular weight excluding hydrogens is 451 g/mol. The summed E-state index contributed by atoms with van der Waals surface area (Å²) >= 11 is 0. The van der Waals surface area contributed by atoms with Gasteiger partial charge < -0.3 is 24.6 Å². The minimum absolute atomic E-state index is 0.138. The van der Waals surface area contributed by atoms with Gasteiger partial charge in [0.1, 0.15) is 17.2 Å². The molecule has 0 bridgehead atoms. The molecule has 0 amide bonds. The van der Waals surface area contributed by atoms with E-state index in [9.17, 15) is 4.39 Å². The average molecular weight is 479 g/mol. The van der Waals surface area contributed by atoms with Crippen molar-refractivity contribution >= 4 is 28.4 Å². The molecule has 4 aromatic rings. The molecule has 1 N–H and O–H groups in total. The first-order chi connectivity index (χ1) is 16.9. The lowest BCUT2D eigenvalue weighted by atomic mass is 10.1. The molecule has 182 valence electrons. The number of methoxy groups -OCH3 is 2. The summed E-state index contributed by atoms with van der Waals surface area (Å²) in [6.07, 6.45) is 4.39. The van der Waals surface area contributed by atoms with E-state index in [4.69, 9.17) is 9.47 Å². The van der Waals surface area contributed by atoms with Crippen LogP contribution in [0.15, 0.2) is 36.8 Å². The smallest absolute Gasteiger partial charge is 0.228 e. The summed E-state index contributed by atoms with van der Waals surface area (Å²) in [7, 11) is 9.19. The zero-order valence-electron chi connectivity index (χ0n) is 20.3. The van der Waals surface area contributed by atoms with E-state index in [0.717, 1.165) is 30.4 Å². The molecule has 1 saturated heterocycles. The van der Waals surface area contributed by atoms with Crippen LogP contribution in [-0.2, 0) is 7.05 Å². The van der Waals surface area contributed by atoms with Crippen molar-refractivity contribution in [2.75, 3.05) is 51.6 Å². The molecule has 0 unspecified atom stereocenters. The van der Waals surface area contributed by atoms with E-state index in [2.05, 4.69) is 49.3 Å². The molecule has 10 nitrogen and oxygen atoms in total. The number of halogens is 1. The van der Waals surface area contributed by atoms with Crippen LogP contribution in [0.3, 0.4) is 0 Å². The van der Waals surface area contributed by atoms with E-state index in [-0.39, 0.29) is 11.6 Å². The van der Waals surface area contributed by atoms with Crippen molar-refractivity contribution in [1.29, 1.82) is 0 Å². The maximum atomic E-state index is 14.7. The summed E-state index contributed by atoms with van der Waals surface area (Å²) in [5, 5.41) is 8.13. The number of likely N-dealkylation sites (N-methyl/N-ethyl adjacent to an activating group) is 1. The topological polar surface area (TPSA) is 93.5 Å². The van der Waals surface area contributed by atoms with Gasteiger partial charge in [0.2, 0.25) is 5.95 Å². The number of rotatable bonds is 7. The van der Waals surface area contributed by atoms with Crippen LogP contribution in [0.2, 0.25) is 0 Å². The fourth-order valence-electron chi connectivity index (χ4n) is 4.13. The molecule has 1 aliphatic rings. The highest BCUT2D eigenvalue weighted by molar-refractivity contribution is 5.80. The lowest BCUT2D eigenvalue weighted by Crippen LogP contribution is -2.57. The van der Waals surface area contributed by atoms with Crippen LogP contribution in [0.1, 0.15) is 0 Å². The van der Waals surface area contributed by atoms with Gasteiger partial charge in [-0.05, 0) is 20.2 Å². The Hall–Kier alpha value is -3.99. The Balaban J connectivity index is 1.45. The third-order valence-corrected chi connectivity index (χ3v) is 6.27. The van der Waals surface area contributed by atoms with E-state index < -0.39 is 5.82 Å². The van der Waals surface area contributed by atoms with Gasteiger partial charge in [0, 0.05) is 55.5 Å². The molecule has 0 radical (unpaired) electrons. The number of aromatic nitrogens is 5. The summed E-state index contributed by atoms with van der Waals surface area (Å²) in [6, 6.07) is 6.07. The molecule has 35 heavy (non-hydrogen) atoms. The number of hydrogen-bond donors (Lipinski definition) is 1. The predicted octanol–water partition coefficient (Wildman–Crippen LogP) is 3.08. The number of ether oxygens (including phenoxy) is 2. The number of pyridine rings is 1. The number of hydrogen-bond acceptors (Lipinski definition) is 9. The second-order valence-electron chi connectivity index (χ2n) is 8.67. The quantitative estimate of drug-likeness (QED) is 0.430. The first-order valence-electron chi connectivity index (χ1n) is 11.1. The van der Waals surface area contributed by atoms with Gasteiger partial charge in [-0.25, -0.2) is 19.3 Å². The van der Waals surface area contributed by atoms with Gasteiger partial charge in [0.25, 0.3) is 0 Å². The second-order valence-corrected chi connectivity index (χ2v) is 8.67. The molecule has 5 rings (SSSR count). The molecule has 0 atom stereocenters. The van der Waals surface area contributed by atoms with Gasteiger partial charge in [-0.1, -0.05) is 0 Å². The summed E-state index contributed by atoms with van der Waals surface area (Å²) < 4.78 is 27.6. The van der Waals surface area contributed by atoms with Crippen molar-refractivity contribution < 1.29 is 13.9 Å². The van der Waals surface area contributed by atoms with Crippen LogP contribution in [0.25, 0.3) is 22.3 Å². The summed E-state index contributed by atoms with van der Waals surface area (Å²) in [5.74, 6) is 0.965. The monoisotopic (exact) mass is 478 g/mol. The molecule has 4 heterocycles. The number of anilines is 3. The van der Waals surface area contributed by atoms with Crippen LogP contribution in [0.4, 0.5) is 21.7 Å². The average Bonchev–Trinajstić information content (AvgIpc) is 3.19. The predicted molar refractivity (Wildman–Crippen MR) is 132 cm³/mol. The summed E-state index contributed by atoms with van der Waals surface area (Å²) in [6.45, 7) is 1.80. The Morgan fingerprint density at radius 2 is 1.80 bits per heavy atom. The van der Waals surface area contributed by atoms with Crippen molar-refractivity contribution in [2.24, 2.45) is 7.05 Å². The Morgan fingerprint density at radius 1 is 1.03 bits per heavy atom. The lowest BCUT2D eigenvalue weighted by molar-refractivity contribution is 0.245. The van der Waals surface area contributed by atoms with E-state index in [1.165, 1.54) is 0 Å². The molecule has 11 heteroatoms. The largest absolute Gasteiger partial charge is 0.494 e. The minimum Gasteiger partial charge on any atom is -0.494 e. The Kier molecular flexibility index (Phi) is 5.85. The minimum atomic E-state index is -0.547. The molecule has 1 aromatic carbocycles. The molecular formula is C24H27FN8O2. The Morgan fingerprint density at radius 3 is 2.51 bits per heavy atom. The van der Waals surface area contributed by atoms with Crippen LogP contribution < -0.4 is 19.7 Å². The highest BCUT2D eigenvalue weighted by Gasteiger charge is 2.31. The number of aryl methyl sites for hydroxylation is 1. The lowest BCUT2D eigenvalue weighted by Gasteiger charge is -2.44. The molecule has 1 aliphatic heterocycles. The van der Waals surface area contributed by atoms with Crippen molar-refractivity contribution in [3.63, 3.8) is 0 Å². The molecule has 0 aliphatic carbocycles. The summed E-state index contributed by atoms with van der Waals surface area (Å²) in [5.41, 5.74) is 2.93. The number of benzene rings is 1. The molecule has 3 aromatic heterocycles. The van der Waals surface area contributed by atoms with Gasteiger partial charge in [0.15, 0.2) is 11.5 Å². The van der Waals surface area contributed by atoms with Gasteiger partial charge in [-0.3, -0.25) is 4.68 Å². The van der Waals surface area contributed by atoms with Gasteiger partial charge in [0.05, 0.1) is 38.0 Å². The zero-order chi connectivity index (χ0) is 24.7. The van der Waals surface area contributed by atoms with Crippen molar-refractivity contribution in [2.45, 2.75) is 6.04 Å². The maximum Gasteiger partial charge on any atom is 0.228 e. The third kappa shape index (κ3) is 4.18. The molecule has 1 fully saturated rings. The number of nitrogens with one attached hydrogen (secondary N) is 1. The van der Waals surface area contributed by atoms with Crippen LogP contribution >= 0.6 is 0 Å². The van der Waals surface area contributed by atoms with Crippen LogP contribution in [-0.4, -0.2) is 77.1 Å². The number of nitrogens with zero attached hydrogens (tertiary/aromatic N) is 7. The van der Waals surface area contributed by atoms with Crippen molar-refractivity contribution in [3.05, 3.63) is 42.6 Å².